The minimum Gasteiger partial charge on any atom is -0.481 e. The third-order valence-corrected chi connectivity index (χ3v) is 3.63. The second-order valence-electron chi connectivity index (χ2n) is 5.09. The van der Waals surface area contributed by atoms with E-state index in [2.05, 4.69) is 52.4 Å². The molecule has 0 saturated heterocycles. The van der Waals surface area contributed by atoms with Gasteiger partial charge in [0.2, 0.25) is 5.88 Å². The highest BCUT2D eigenvalue weighted by molar-refractivity contribution is 5.83. The van der Waals surface area contributed by atoms with Crippen molar-refractivity contribution in [1.82, 2.24) is 14.9 Å². The molecule has 108 valence electrons. The maximum absolute atomic E-state index is 5.14. The minimum absolute atomic E-state index is 0.652. The molecule has 0 spiro atoms. The summed E-state index contributed by atoms with van der Waals surface area (Å²) in [5, 5.41) is 4.78. The average molecular weight is 281 g/mol. The van der Waals surface area contributed by atoms with Crippen LogP contribution < -0.4 is 10.1 Å². The van der Waals surface area contributed by atoms with E-state index in [0.717, 1.165) is 13.1 Å². The van der Waals surface area contributed by atoms with Crippen molar-refractivity contribution in [1.29, 1.82) is 0 Å². The summed E-state index contributed by atoms with van der Waals surface area (Å²) < 4.78 is 7.31. The van der Waals surface area contributed by atoms with Crippen LogP contribution in [0.25, 0.3) is 10.9 Å². The van der Waals surface area contributed by atoms with Crippen molar-refractivity contribution in [3.05, 3.63) is 59.9 Å². The van der Waals surface area contributed by atoms with Gasteiger partial charge in [-0.3, -0.25) is 0 Å². The number of para-hydroxylation sites is 1. The van der Waals surface area contributed by atoms with Crippen molar-refractivity contribution in [2.75, 3.05) is 7.11 Å². The molecule has 4 nitrogen and oxygen atoms in total. The number of ether oxygens (including phenoxy) is 1. The Morgan fingerprint density at radius 2 is 2.05 bits per heavy atom. The molecule has 2 aromatic heterocycles. The maximum atomic E-state index is 5.14. The third-order valence-electron chi connectivity index (χ3n) is 3.63. The second kappa shape index (κ2) is 5.97. The topological polar surface area (TPSA) is 39.1 Å². The number of fused-ring (bicyclic) bond motifs is 1. The lowest BCUT2D eigenvalue weighted by Crippen LogP contribution is -2.12. The predicted molar refractivity (Wildman–Crippen MR) is 84.3 cm³/mol. The summed E-state index contributed by atoms with van der Waals surface area (Å²) in [6.45, 7) is 1.63. The fourth-order valence-electron chi connectivity index (χ4n) is 2.58. The number of benzene rings is 1. The molecule has 1 aromatic carbocycles. The molecule has 0 radical (unpaired) electrons. The Morgan fingerprint density at radius 1 is 1.19 bits per heavy atom. The quantitative estimate of drug-likeness (QED) is 0.781. The van der Waals surface area contributed by atoms with Crippen LogP contribution in [0, 0.1) is 0 Å². The maximum Gasteiger partial charge on any atom is 0.213 e. The highest BCUT2D eigenvalue weighted by Crippen LogP contribution is 2.20. The lowest BCUT2D eigenvalue weighted by atomic mass is 10.1. The molecular weight excluding hydrogens is 262 g/mol. The van der Waals surface area contributed by atoms with Gasteiger partial charge in [-0.1, -0.05) is 18.2 Å². The van der Waals surface area contributed by atoms with E-state index >= 15 is 0 Å². The van der Waals surface area contributed by atoms with Crippen molar-refractivity contribution >= 4 is 10.9 Å². The van der Waals surface area contributed by atoms with Crippen molar-refractivity contribution in [2.45, 2.75) is 13.1 Å². The van der Waals surface area contributed by atoms with Crippen molar-refractivity contribution in [3.8, 4) is 5.88 Å². The van der Waals surface area contributed by atoms with Crippen LogP contribution in [0.5, 0.6) is 5.88 Å². The first-order valence-electron chi connectivity index (χ1n) is 7.00. The van der Waals surface area contributed by atoms with E-state index in [0.29, 0.717) is 5.88 Å². The van der Waals surface area contributed by atoms with Crippen LogP contribution in [0.1, 0.15) is 11.1 Å². The van der Waals surface area contributed by atoms with Crippen LogP contribution in [0.3, 0.4) is 0 Å². The highest BCUT2D eigenvalue weighted by Gasteiger charge is 2.05. The lowest BCUT2D eigenvalue weighted by Gasteiger charge is -2.05. The zero-order chi connectivity index (χ0) is 14.7. The number of nitrogens with zero attached hydrogens (tertiary/aromatic N) is 2. The van der Waals surface area contributed by atoms with Gasteiger partial charge in [-0.15, -0.1) is 0 Å². The second-order valence-corrected chi connectivity index (χ2v) is 5.09. The number of aromatic nitrogens is 2. The van der Waals surface area contributed by atoms with Gasteiger partial charge in [-0.05, 0) is 23.3 Å². The first-order valence-corrected chi connectivity index (χ1v) is 7.00. The SMILES string of the molecule is COc1cc(CNCc2cn(C)c3ccccc23)ccn1. The van der Waals surface area contributed by atoms with E-state index in [9.17, 15) is 0 Å². The molecule has 0 aliphatic rings. The van der Waals surface area contributed by atoms with E-state index in [1.54, 1.807) is 13.3 Å². The molecule has 0 aliphatic carbocycles. The van der Waals surface area contributed by atoms with E-state index < -0.39 is 0 Å². The van der Waals surface area contributed by atoms with Gasteiger partial charge in [0.15, 0.2) is 0 Å². The molecular formula is C17H19N3O. The molecule has 0 unspecified atom stereocenters. The van der Waals surface area contributed by atoms with Crippen LogP contribution in [0.2, 0.25) is 0 Å². The summed E-state index contributed by atoms with van der Waals surface area (Å²) in [5.74, 6) is 0.652. The average Bonchev–Trinajstić information content (AvgIpc) is 2.85. The molecule has 3 aromatic rings. The van der Waals surface area contributed by atoms with E-state index in [4.69, 9.17) is 4.74 Å². The van der Waals surface area contributed by atoms with Gasteiger partial charge in [0.1, 0.15) is 0 Å². The van der Waals surface area contributed by atoms with Gasteiger partial charge < -0.3 is 14.6 Å². The molecule has 1 N–H and O–H groups in total. The first-order chi connectivity index (χ1) is 10.3. The predicted octanol–water partition coefficient (Wildman–Crippen LogP) is 2.87. The van der Waals surface area contributed by atoms with Crippen molar-refractivity contribution in [3.63, 3.8) is 0 Å². The molecule has 3 rings (SSSR count). The summed E-state index contributed by atoms with van der Waals surface area (Å²) >= 11 is 0. The monoisotopic (exact) mass is 281 g/mol. The van der Waals surface area contributed by atoms with Gasteiger partial charge in [0, 0.05) is 49.5 Å². The highest BCUT2D eigenvalue weighted by atomic mass is 16.5. The van der Waals surface area contributed by atoms with Crippen molar-refractivity contribution in [2.24, 2.45) is 7.05 Å². The Bertz CT molecular complexity index is 749. The number of hydrogen-bond acceptors (Lipinski definition) is 3. The molecule has 0 aliphatic heterocycles. The van der Waals surface area contributed by atoms with Crippen LogP contribution in [0.15, 0.2) is 48.8 Å². The zero-order valence-electron chi connectivity index (χ0n) is 12.3. The first kappa shape index (κ1) is 13.6. The minimum atomic E-state index is 0.652. The Hall–Kier alpha value is -2.33. The van der Waals surface area contributed by atoms with Crippen LogP contribution in [-0.2, 0) is 20.1 Å². The summed E-state index contributed by atoms with van der Waals surface area (Å²) in [4.78, 5) is 4.12. The summed E-state index contributed by atoms with van der Waals surface area (Å²) in [7, 11) is 3.72. The summed E-state index contributed by atoms with van der Waals surface area (Å²) in [5.41, 5.74) is 3.75. The number of hydrogen-bond donors (Lipinski definition) is 1. The lowest BCUT2D eigenvalue weighted by molar-refractivity contribution is 0.397. The van der Waals surface area contributed by atoms with E-state index in [-0.39, 0.29) is 0 Å². The Labute approximate surface area is 124 Å². The van der Waals surface area contributed by atoms with Gasteiger partial charge in [0.05, 0.1) is 7.11 Å². The molecule has 21 heavy (non-hydrogen) atoms. The van der Waals surface area contributed by atoms with Crippen LogP contribution in [-0.4, -0.2) is 16.7 Å². The summed E-state index contributed by atoms with van der Waals surface area (Å²) in [6.07, 6.45) is 3.96. The standard InChI is InChI=1S/C17H19N3O/c1-20-12-14(15-5-3-4-6-16(15)20)11-18-10-13-7-8-19-17(9-13)21-2/h3-9,12,18H,10-11H2,1-2H3. The fourth-order valence-corrected chi connectivity index (χ4v) is 2.58. The van der Waals surface area contributed by atoms with Gasteiger partial charge in [-0.25, -0.2) is 4.98 Å². The van der Waals surface area contributed by atoms with Gasteiger partial charge >= 0.3 is 0 Å². The zero-order valence-corrected chi connectivity index (χ0v) is 12.3. The van der Waals surface area contributed by atoms with E-state index in [1.165, 1.54) is 22.0 Å². The van der Waals surface area contributed by atoms with Crippen molar-refractivity contribution < 1.29 is 4.74 Å². The Kier molecular flexibility index (Phi) is 3.88. The molecule has 0 amide bonds. The Morgan fingerprint density at radius 3 is 2.90 bits per heavy atom. The van der Waals surface area contributed by atoms with Crippen LogP contribution >= 0.6 is 0 Å². The smallest absolute Gasteiger partial charge is 0.213 e. The fraction of sp³-hybridized carbons (Fsp3) is 0.235. The van der Waals surface area contributed by atoms with Gasteiger partial charge in [-0.2, -0.15) is 0 Å². The third kappa shape index (κ3) is 2.90. The van der Waals surface area contributed by atoms with E-state index in [1.807, 2.05) is 12.1 Å². The number of rotatable bonds is 5. The Balaban J connectivity index is 1.69. The molecule has 4 heteroatoms. The number of aryl methyl sites for hydroxylation is 1. The molecule has 0 fully saturated rings. The molecule has 0 saturated carbocycles. The normalized spacial score (nSPS) is 11.0. The van der Waals surface area contributed by atoms with Crippen LogP contribution in [0.4, 0.5) is 0 Å². The molecule has 2 heterocycles. The molecule has 0 atom stereocenters. The summed E-state index contributed by atoms with van der Waals surface area (Å²) in [6, 6.07) is 12.4. The number of methoxy groups -OCH3 is 1. The van der Waals surface area contributed by atoms with Gasteiger partial charge in [0.25, 0.3) is 0 Å². The molecule has 0 bridgehead atoms. The number of pyridine rings is 1. The largest absolute Gasteiger partial charge is 0.481 e. The number of nitrogens with one attached hydrogen (secondary N) is 1.